The van der Waals surface area contributed by atoms with Crippen LogP contribution in [0.15, 0.2) is 24.3 Å². The first-order valence-electron chi connectivity index (χ1n) is 9.51. The van der Waals surface area contributed by atoms with Crippen molar-refractivity contribution in [2.45, 2.75) is 77.8 Å². The normalized spacial score (nSPS) is 19.2. The van der Waals surface area contributed by atoms with Gasteiger partial charge in [-0.2, -0.15) is 0 Å². The Morgan fingerprint density at radius 3 is 2.04 bits per heavy atom. The van der Waals surface area contributed by atoms with Gasteiger partial charge in [-0.25, -0.2) is 0 Å². The van der Waals surface area contributed by atoms with E-state index in [0.29, 0.717) is 0 Å². The van der Waals surface area contributed by atoms with Gasteiger partial charge in [0.25, 0.3) is 0 Å². The summed E-state index contributed by atoms with van der Waals surface area (Å²) in [6.07, 6.45) is 0. The maximum atomic E-state index is 10.2. The van der Waals surface area contributed by atoms with Gasteiger partial charge in [0, 0.05) is 19.3 Å². The number of hydrogen-bond acceptors (Lipinski definition) is 6. The van der Waals surface area contributed by atoms with Crippen molar-refractivity contribution in [3.8, 4) is 9.75 Å². The highest BCUT2D eigenvalue weighted by Gasteiger charge is 2.52. The van der Waals surface area contributed by atoms with Crippen LogP contribution in [0.1, 0.15) is 55.4 Å². The Labute approximate surface area is 177 Å². The van der Waals surface area contributed by atoms with Crippen LogP contribution in [0.4, 0.5) is 0 Å². The molecule has 3 heterocycles. The summed E-state index contributed by atoms with van der Waals surface area (Å²) < 4.78 is 20.3. The second kappa shape index (κ2) is 7.25. The van der Waals surface area contributed by atoms with Crippen molar-refractivity contribution in [3.05, 3.63) is 24.3 Å². The second-order valence-corrected chi connectivity index (χ2v) is 11.5. The zero-order valence-corrected chi connectivity index (χ0v) is 19.6. The zero-order valence-electron chi connectivity index (χ0n) is 18.0. The number of aliphatic hydroxyl groups is 1. The Bertz CT molecular complexity index is 817. The molecule has 1 N–H and O–H groups in total. The number of thiophene rings is 2. The van der Waals surface area contributed by atoms with Gasteiger partial charge in [0.05, 0.1) is 22.4 Å². The highest BCUT2D eigenvalue weighted by atomic mass is 32.1. The van der Waals surface area contributed by atoms with Crippen LogP contribution in [0, 0.1) is 0 Å². The third-order valence-corrected chi connectivity index (χ3v) is 8.24. The summed E-state index contributed by atoms with van der Waals surface area (Å²) in [5.74, 6) is 0. The van der Waals surface area contributed by atoms with Crippen molar-refractivity contribution in [1.82, 2.24) is 0 Å². The largest absolute Gasteiger partial charge is 0.505 e. The number of rotatable bonds is 6. The molecule has 151 valence electrons. The molecule has 2 aromatic heterocycles. The topological polar surface area (TPSA) is 47.9 Å². The van der Waals surface area contributed by atoms with Crippen molar-refractivity contribution in [2.24, 2.45) is 0 Å². The van der Waals surface area contributed by atoms with E-state index in [9.17, 15) is 5.11 Å². The summed E-state index contributed by atoms with van der Waals surface area (Å²) in [5.41, 5.74) is -2.28. The fourth-order valence-corrected chi connectivity index (χ4v) is 4.40. The molecule has 0 amide bonds. The van der Waals surface area contributed by atoms with Crippen LogP contribution in [-0.2, 0) is 14.0 Å². The molecule has 0 atom stereocenters. The van der Waals surface area contributed by atoms with Gasteiger partial charge in [0.2, 0.25) is 0 Å². The molecule has 1 aliphatic heterocycles. The summed E-state index contributed by atoms with van der Waals surface area (Å²) >= 11 is 3.35. The number of hydrogen-bond donors (Lipinski definition) is 1. The molecule has 0 saturated carbocycles. The van der Waals surface area contributed by atoms with Crippen molar-refractivity contribution in [2.75, 3.05) is 0 Å². The molecule has 0 aliphatic carbocycles. The maximum absolute atomic E-state index is 10.2. The van der Waals surface area contributed by atoms with E-state index in [1.165, 1.54) is 9.75 Å². The van der Waals surface area contributed by atoms with E-state index in [1.54, 1.807) is 44.0 Å². The average Bonchev–Trinajstić information content (AvgIpc) is 3.23. The molecule has 1 saturated heterocycles. The summed E-state index contributed by atoms with van der Waals surface area (Å²) in [4.78, 5) is 2.35. The third kappa shape index (κ3) is 4.27. The fraction of sp³-hybridized carbons (Fsp3) is 0.600. The predicted octanol–water partition coefficient (Wildman–Crippen LogP) is 3.59. The van der Waals surface area contributed by atoms with Crippen LogP contribution in [0.25, 0.3) is 9.75 Å². The van der Waals surface area contributed by atoms with Crippen LogP contribution in [0.3, 0.4) is 0 Å². The van der Waals surface area contributed by atoms with E-state index in [2.05, 4.69) is 45.9 Å². The smallest absolute Gasteiger partial charge is 0.426 e. The second-order valence-electron chi connectivity index (χ2n) is 9.30. The molecule has 0 bridgehead atoms. The summed E-state index contributed by atoms with van der Waals surface area (Å²) in [5, 5.41) is 10.2. The van der Waals surface area contributed by atoms with E-state index in [0.717, 1.165) is 9.55 Å². The van der Waals surface area contributed by atoms with Crippen LogP contribution in [0.5, 0.6) is 0 Å². The molecule has 1 radical (unpaired) electrons. The van der Waals surface area contributed by atoms with Crippen molar-refractivity contribution < 1.29 is 19.1 Å². The molecule has 2 aromatic rings. The minimum atomic E-state index is -0.935. The summed E-state index contributed by atoms with van der Waals surface area (Å²) in [6, 6.07) is 8.33. The molecular weight excluding hydrogens is 390 g/mol. The molecule has 8 heteroatoms. The van der Waals surface area contributed by atoms with E-state index in [4.69, 9.17) is 14.0 Å². The van der Waals surface area contributed by atoms with Crippen LogP contribution in [0.2, 0.25) is 0 Å². The standard InChI is InChI=1S/C20H29B2O4S2/c1-17(2,23)18(3,4)24-21-15-11-9-13(27-15)14-10-12-16(28-14)22-25-19(5,6)20(7,8)26-22/h9-12,23H,1-8H3. The van der Waals surface area contributed by atoms with Gasteiger partial charge in [-0.3, -0.25) is 0 Å². The first kappa shape index (κ1) is 22.1. The van der Waals surface area contributed by atoms with E-state index >= 15 is 0 Å². The molecule has 28 heavy (non-hydrogen) atoms. The lowest BCUT2D eigenvalue weighted by Crippen LogP contribution is -2.49. The predicted molar refractivity (Wildman–Crippen MR) is 120 cm³/mol. The SMILES string of the molecule is CC(C)(O)C(C)(C)O[B]c1ccc(-c2ccc(B3OC(C)(C)C(C)(C)O3)s2)s1. The molecule has 3 rings (SSSR count). The monoisotopic (exact) mass is 419 g/mol. The lowest BCUT2D eigenvalue weighted by Gasteiger charge is -2.37. The Balaban J connectivity index is 1.69. The average molecular weight is 419 g/mol. The lowest BCUT2D eigenvalue weighted by atomic mass is 9.86. The van der Waals surface area contributed by atoms with Gasteiger partial charge in [-0.05, 0) is 67.5 Å². The molecule has 4 nitrogen and oxygen atoms in total. The molecule has 1 fully saturated rings. The minimum Gasteiger partial charge on any atom is -0.426 e. The quantitative estimate of drug-likeness (QED) is 0.728. The molecule has 0 aromatic carbocycles. The Morgan fingerprint density at radius 2 is 1.46 bits per heavy atom. The van der Waals surface area contributed by atoms with Gasteiger partial charge in [-0.15, -0.1) is 22.7 Å². The molecule has 1 aliphatic rings. The summed E-state index contributed by atoms with van der Waals surface area (Å²) in [6.45, 7) is 15.5. The summed E-state index contributed by atoms with van der Waals surface area (Å²) in [7, 11) is 1.40. The van der Waals surface area contributed by atoms with Crippen LogP contribution < -0.4 is 9.55 Å². The minimum absolute atomic E-state index is 0.328. The van der Waals surface area contributed by atoms with Crippen LogP contribution in [-0.4, -0.2) is 42.1 Å². The highest BCUT2D eigenvalue weighted by Crippen LogP contribution is 2.38. The first-order valence-corrected chi connectivity index (χ1v) is 11.1. The third-order valence-electron chi connectivity index (χ3n) is 5.93. The fourth-order valence-electron chi connectivity index (χ4n) is 2.47. The van der Waals surface area contributed by atoms with Gasteiger partial charge in [-0.1, -0.05) is 12.1 Å². The highest BCUT2D eigenvalue weighted by molar-refractivity contribution is 7.30. The van der Waals surface area contributed by atoms with E-state index < -0.39 is 11.2 Å². The maximum Gasteiger partial charge on any atom is 0.505 e. The van der Waals surface area contributed by atoms with E-state index in [-0.39, 0.29) is 18.3 Å². The first-order chi connectivity index (χ1) is 12.7. The van der Waals surface area contributed by atoms with Crippen molar-refractivity contribution in [1.29, 1.82) is 0 Å². The van der Waals surface area contributed by atoms with Crippen molar-refractivity contribution >= 4 is 46.8 Å². The Morgan fingerprint density at radius 1 is 0.929 bits per heavy atom. The Kier molecular flexibility index (Phi) is 5.72. The Hall–Kier alpha value is -0.630. The van der Waals surface area contributed by atoms with Gasteiger partial charge < -0.3 is 19.1 Å². The van der Waals surface area contributed by atoms with E-state index in [1.807, 2.05) is 19.9 Å². The van der Waals surface area contributed by atoms with Gasteiger partial charge >= 0.3 is 14.6 Å². The lowest BCUT2D eigenvalue weighted by molar-refractivity contribution is -0.0892. The van der Waals surface area contributed by atoms with Gasteiger partial charge in [0.15, 0.2) is 0 Å². The zero-order chi connectivity index (χ0) is 21.0. The van der Waals surface area contributed by atoms with Crippen molar-refractivity contribution in [3.63, 3.8) is 0 Å². The van der Waals surface area contributed by atoms with Gasteiger partial charge in [0.1, 0.15) is 0 Å². The van der Waals surface area contributed by atoms with Crippen LogP contribution >= 0.6 is 22.7 Å². The molecule has 0 spiro atoms. The molecule has 0 unspecified atom stereocenters. The molecular formula is C20H29B2O4S2.